The van der Waals surface area contributed by atoms with E-state index in [2.05, 4.69) is 12.1 Å². The summed E-state index contributed by atoms with van der Waals surface area (Å²) >= 11 is 0. The van der Waals surface area contributed by atoms with Gasteiger partial charge in [0.25, 0.3) is 0 Å². The van der Waals surface area contributed by atoms with Gasteiger partial charge in [-0.15, -0.1) is 0 Å². The number of hydrogen-bond acceptors (Lipinski definition) is 2. The second-order valence-corrected chi connectivity index (χ2v) is 4.31. The van der Waals surface area contributed by atoms with E-state index in [1.165, 1.54) is 10.5 Å². The Balaban J connectivity index is 2.02. The molecule has 0 bridgehead atoms. The molecule has 0 unspecified atom stereocenters. The van der Waals surface area contributed by atoms with Gasteiger partial charge in [0, 0.05) is 13.1 Å². The summed E-state index contributed by atoms with van der Waals surface area (Å²) in [7, 11) is 0. The summed E-state index contributed by atoms with van der Waals surface area (Å²) in [4.78, 5) is 12.2. The smallest absolute Gasteiger partial charge is 0.407 e. The summed E-state index contributed by atoms with van der Waals surface area (Å²) in [5.41, 5.74) is 2.97. The van der Waals surface area contributed by atoms with Crippen molar-refractivity contribution in [3.63, 3.8) is 0 Å². The number of benzene rings is 1. The van der Waals surface area contributed by atoms with E-state index in [4.69, 9.17) is 10.4 Å². The van der Waals surface area contributed by atoms with E-state index in [0.717, 1.165) is 18.4 Å². The van der Waals surface area contributed by atoms with E-state index in [1.807, 2.05) is 12.1 Å². The Bertz CT molecular complexity index is 502. The standard InChI is InChI=1S/C14H14N2O2/c15-10-13-3-1-11(2-4-13)9-12-5-7-16(8-6-12)14(17)18/h1-4,9H,5-8H2,(H,17,18). The van der Waals surface area contributed by atoms with Gasteiger partial charge in [-0.1, -0.05) is 23.8 Å². The molecule has 1 amide bonds. The van der Waals surface area contributed by atoms with Gasteiger partial charge in [-0.05, 0) is 30.5 Å². The van der Waals surface area contributed by atoms with Crippen molar-refractivity contribution in [1.29, 1.82) is 5.26 Å². The van der Waals surface area contributed by atoms with E-state index in [1.54, 1.807) is 12.1 Å². The van der Waals surface area contributed by atoms with Crippen molar-refractivity contribution in [2.45, 2.75) is 12.8 Å². The van der Waals surface area contributed by atoms with E-state index < -0.39 is 6.09 Å². The minimum Gasteiger partial charge on any atom is -0.465 e. The van der Waals surface area contributed by atoms with Crippen LogP contribution < -0.4 is 0 Å². The van der Waals surface area contributed by atoms with Crippen molar-refractivity contribution in [2.75, 3.05) is 13.1 Å². The molecule has 1 heterocycles. The van der Waals surface area contributed by atoms with Crippen LogP contribution in [0.1, 0.15) is 24.0 Å². The Hall–Kier alpha value is -2.28. The first-order chi connectivity index (χ1) is 8.69. The van der Waals surface area contributed by atoms with Crippen molar-refractivity contribution in [1.82, 2.24) is 4.90 Å². The summed E-state index contributed by atoms with van der Waals surface area (Å²) in [6.07, 6.45) is 2.81. The van der Waals surface area contributed by atoms with Crippen LogP contribution in [-0.2, 0) is 0 Å². The molecule has 0 aliphatic carbocycles. The number of carboxylic acid groups (broad SMARTS) is 1. The normalized spacial score (nSPS) is 15.1. The van der Waals surface area contributed by atoms with Crippen LogP contribution in [0, 0.1) is 11.3 Å². The highest BCUT2D eigenvalue weighted by Gasteiger charge is 2.17. The predicted molar refractivity (Wildman–Crippen MR) is 68.0 cm³/mol. The number of hydrogen-bond donors (Lipinski definition) is 1. The molecule has 1 aromatic carbocycles. The largest absolute Gasteiger partial charge is 0.465 e. The lowest BCUT2D eigenvalue weighted by Gasteiger charge is -2.25. The summed E-state index contributed by atoms with van der Waals surface area (Å²) in [6, 6.07) is 9.49. The minimum atomic E-state index is -0.840. The molecular formula is C14H14N2O2. The first kappa shape index (κ1) is 12.2. The third-order valence-corrected chi connectivity index (χ3v) is 3.09. The quantitative estimate of drug-likeness (QED) is 0.823. The zero-order valence-electron chi connectivity index (χ0n) is 9.97. The molecule has 1 aromatic rings. The van der Waals surface area contributed by atoms with Gasteiger partial charge >= 0.3 is 6.09 Å². The molecule has 1 aliphatic rings. The maximum Gasteiger partial charge on any atom is 0.407 e. The average molecular weight is 242 g/mol. The fourth-order valence-electron chi connectivity index (χ4n) is 2.02. The van der Waals surface area contributed by atoms with Crippen molar-refractivity contribution >= 4 is 12.2 Å². The van der Waals surface area contributed by atoms with Gasteiger partial charge in [0.15, 0.2) is 0 Å². The van der Waals surface area contributed by atoms with Crippen molar-refractivity contribution in [3.05, 3.63) is 41.0 Å². The topological polar surface area (TPSA) is 64.3 Å². The molecule has 4 heteroatoms. The number of nitrogens with zero attached hydrogens (tertiary/aromatic N) is 2. The van der Waals surface area contributed by atoms with Crippen LogP contribution in [0.4, 0.5) is 4.79 Å². The summed E-state index contributed by atoms with van der Waals surface area (Å²) in [5.74, 6) is 0. The van der Waals surface area contributed by atoms with E-state index in [0.29, 0.717) is 18.7 Å². The predicted octanol–water partition coefficient (Wildman–Crippen LogP) is 2.72. The molecule has 0 atom stereocenters. The maximum atomic E-state index is 10.8. The Labute approximate surface area is 106 Å². The number of piperidine rings is 1. The van der Waals surface area contributed by atoms with Gasteiger partial charge in [-0.3, -0.25) is 0 Å². The van der Waals surface area contributed by atoms with Crippen LogP contribution in [0.25, 0.3) is 6.08 Å². The van der Waals surface area contributed by atoms with Crippen LogP contribution in [-0.4, -0.2) is 29.2 Å². The average Bonchev–Trinajstić information content (AvgIpc) is 2.40. The van der Waals surface area contributed by atoms with Crippen molar-refractivity contribution < 1.29 is 9.90 Å². The summed E-state index contributed by atoms with van der Waals surface area (Å²) in [6.45, 7) is 1.13. The van der Waals surface area contributed by atoms with Crippen molar-refractivity contribution in [3.8, 4) is 6.07 Å². The van der Waals surface area contributed by atoms with Gasteiger partial charge in [0.1, 0.15) is 0 Å². The third-order valence-electron chi connectivity index (χ3n) is 3.09. The van der Waals surface area contributed by atoms with Gasteiger partial charge in [0.2, 0.25) is 0 Å². The molecule has 1 aliphatic heterocycles. The summed E-state index contributed by atoms with van der Waals surface area (Å²) in [5, 5.41) is 17.6. The van der Waals surface area contributed by atoms with Crippen LogP contribution in [0.15, 0.2) is 29.8 Å². The highest BCUT2D eigenvalue weighted by molar-refractivity contribution is 5.65. The molecule has 0 radical (unpaired) electrons. The zero-order chi connectivity index (χ0) is 13.0. The number of amides is 1. The lowest BCUT2D eigenvalue weighted by atomic mass is 10.0. The number of nitriles is 1. The first-order valence-corrected chi connectivity index (χ1v) is 5.86. The SMILES string of the molecule is N#Cc1ccc(C=C2CCN(C(=O)O)CC2)cc1. The lowest BCUT2D eigenvalue weighted by molar-refractivity contribution is 0.142. The fourth-order valence-corrected chi connectivity index (χ4v) is 2.02. The molecular weight excluding hydrogens is 228 g/mol. The van der Waals surface area contributed by atoms with Gasteiger partial charge < -0.3 is 10.0 Å². The van der Waals surface area contributed by atoms with Crippen LogP contribution in [0.5, 0.6) is 0 Å². The number of rotatable bonds is 1. The zero-order valence-corrected chi connectivity index (χ0v) is 9.97. The van der Waals surface area contributed by atoms with Gasteiger partial charge in [-0.2, -0.15) is 5.26 Å². The number of carbonyl (C=O) groups is 1. The molecule has 0 spiro atoms. The summed E-state index contributed by atoms with van der Waals surface area (Å²) < 4.78 is 0. The Morgan fingerprint density at radius 1 is 1.28 bits per heavy atom. The minimum absolute atomic E-state index is 0.567. The van der Waals surface area contributed by atoms with Crippen LogP contribution >= 0.6 is 0 Å². The molecule has 1 N–H and O–H groups in total. The third kappa shape index (κ3) is 2.89. The fraction of sp³-hybridized carbons (Fsp3) is 0.286. The Morgan fingerprint density at radius 3 is 2.39 bits per heavy atom. The molecule has 0 aromatic heterocycles. The van der Waals surface area contributed by atoms with E-state index >= 15 is 0 Å². The molecule has 18 heavy (non-hydrogen) atoms. The molecule has 1 fully saturated rings. The first-order valence-electron chi connectivity index (χ1n) is 5.86. The van der Waals surface area contributed by atoms with Crippen LogP contribution in [0.2, 0.25) is 0 Å². The Kier molecular flexibility index (Phi) is 3.63. The molecule has 2 rings (SSSR count). The monoisotopic (exact) mass is 242 g/mol. The van der Waals surface area contributed by atoms with Gasteiger partial charge in [0.05, 0.1) is 11.6 Å². The van der Waals surface area contributed by atoms with E-state index in [-0.39, 0.29) is 0 Å². The highest BCUT2D eigenvalue weighted by atomic mass is 16.4. The second kappa shape index (κ2) is 5.37. The number of likely N-dealkylation sites (tertiary alicyclic amines) is 1. The molecule has 0 saturated carbocycles. The van der Waals surface area contributed by atoms with E-state index in [9.17, 15) is 4.79 Å². The lowest BCUT2D eigenvalue weighted by Crippen LogP contribution is -2.35. The Morgan fingerprint density at radius 2 is 1.89 bits per heavy atom. The highest BCUT2D eigenvalue weighted by Crippen LogP contribution is 2.19. The second-order valence-electron chi connectivity index (χ2n) is 4.31. The molecule has 1 saturated heterocycles. The molecule has 4 nitrogen and oxygen atoms in total. The van der Waals surface area contributed by atoms with Crippen molar-refractivity contribution in [2.24, 2.45) is 0 Å². The molecule has 92 valence electrons. The maximum absolute atomic E-state index is 10.8. The van der Waals surface area contributed by atoms with Crippen LogP contribution in [0.3, 0.4) is 0 Å². The van der Waals surface area contributed by atoms with Gasteiger partial charge in [-0.25, -0.2) is 4.79 Å².